The van der Waals surface area contributed by atoms with Crippen LogP contribution < -0.4 is 18.9 Å². The average Bonchev–Trinajstić information content (AvgIpc) is 2.21. The summed E-state index contributed by atoms with van der Waals surface area (Å²) in [6, 6.07) is 21.5. The first-order valence-electron chi connectivity index (χ1n) is 4.15. The Morgan fingerprint density at radius 1 is 0.857 bits per heavy atom. The molecule has 14 heavy (non-hydrogen) atoms. The van der Waals surface area contributed by atoms with E-state index in [0.29, 0.717) is 0 Å². The summed E-state index contributed by atoms with van der Waals surface area (Å²) in [6.07, 6.45) is 0. The zero-order chi connectivity index (χ0) is 8.93. The third-order valence-corrected chi connectivity index (χ3v) is 2.63. The van der Waals surface area contributed by atoms with Crippen LogP contribution in [0.4, 0.5) is 0 Å². The molecule has 0 aliphatic rings. The standard InChI is InChI=1S/C12H9S.Li/c1-3-7-11(8-4-1)13-12-9-5-2-6-10-12;/h1-9H;/q-1;+1. The zero-order valence-corrected chi connectivity index (χ0v) is 8.92. The quantitative estimate of drug-likeness (QED) is 0.497. The van der Waals surface area contributed by atoms with E-state index in [0.717, 1.165) is 4.90 Å². The second-order valence-electron chi connectivity index (χ2n) is 2.64. The van der Waals surface area contributed by atoms with Crippen molar-refractivity contribution >= 4 is 11.8 Å². The Balaban J connectivity index is 0.000000980. The largest absolute Gasteiger partial charge is 1.00 e. The van der Waals surface area contributed by atoms with Crippen molar-refractivity contribution in [2.75, 3.05) is 0 Å². The Hall–Kier alpha value is -0.613. The molecule has 0 amide bonds. The summed E-state index contributed by atoms with van der Waals surface area (Å²) in [4.78, 5) is 2.42. The Kier molecular flexibility index (Phi) is 4.90. The Bertz CT molecular complexity index is 321. The third kappa shape index (κ3) is 3.27. The molecule has 0 spiro atoms. The van der Waals surface area contributed by atoms with Gasteiger partial charge in [0, 0.05) is 4.90 Å². The molecular weight excluding hydrogens is 183 g/mol. The van der Waals surface area contributed by atoms with Crippen LogP contribution in [0.1, 0.15) is 0 Å². The predicted octanol–water partition coefficient (Wildman–Crippen LogP) is 0.642. The molecule has 0 saturated carbocycles. The van der Waals surface area contributed by atoms with Crippen LogP contribution in [0.25, 0.3) is 0 Å². The van der Waals surface area contributed by atoms with Crippen LogP contribution in [0.3, 0.4) is 0 Å². The monoisotopic (exact) mass is 192 g/mol. The molecule has 0 radical (unpaired) electrons. The van der Waals surface area contributed by atoms with Crippen LogP contribution in [0.2, 0.25) is 0 Å². The maximum atomic E-state index is 3.18. The van der Waals surface area contributed by atoms with Gasteiger partial charge in [0.1, 0.15) is 0 Å². The number of hydrogen-bond acceptors (Lipinski definition) is 1. The van der Waals surface area contributed by atoms with E-state index in [-0.39, 0.29) is 18.9 Å². The van der Waals surface area contributed by atoms with Gasteiger partial charge in [0.05, 0.1) is 0 Å². The third-order valence-electron chi connectivity index (χ3n) is 1.65. The second-order valence-corrected chi connectivity index (χ2v) is 3.76. The van der Waals surface area contributed by atoms with Gasteiger partial charge in [0.2, 0.25) is 0 Å². The van der Waals surface area contributed by atoms with Crippen molar-refractivity contribution < 1.29 is 18.9 Å². The molecule has 0 heterocycles. The molecule has 0 nitrogen and oxygen atoms in total. The molecule has 0 N–H and O–H groups in total. The van der Waals surface area contributed by atoms with Crippen molar-refractivity contribution in [2.24, 2.45) is 0 Å². The molecule has 0 bridgehead atoms. The van der Waals surface area contributed by atoms with Gasteiger partial charge >= 0.3 is 18.9 Å². The summed E-state index contributed by atoms with van der Waals surface area (Å²) in [5, 5.41) is 0. The fourth-order valence-corrected chi connectivity index (χ4v) is 1.88. The first-order chi connectivity index (χ1) is 6.45. The normalized spacial score (nSPS) is 9.14. The van der Waals surface area contributed by atoms with Gasteiger partial charge < -0.3 is 0 Å². The van der Waals surface area contributed by atoms with Crippen molar-refractivity contribution in [2.45, 2.75) is 9.79 Å². The van der Waals surface area contributed by atoms with E-state index in [1.54, 1.807) is 11.8 Å². The molecule has 2 heteroatoms. The van der Waals surface area contributed by atoms with Gasteiger partial charge in [-0.25, -0.2) is 0 Å². The Labute approximate surface area is 101 Å². The number of benzene rings is 2. The fraction of sp³-hybridized carbons (Fsp3) is 0. The van der Waals surface area contributed by atoms with Crippen LogP contribution >= 0.6 is 11.8 Å². The minimum Gasteiger partial charge on any atom is -0.176 e. The van der Waals surface area contributed by atoms with Crippen LogP contribution in [-0.2, 0) is 0 Å². The van der Waals surface area contributed by atoms with Crippen LogP contribution in [0.15, 0.2) is 64.4 Å². The van der Waals surface area contributed by atoms with Crippen molar-refractivity contribution in [3.05, 3.63) is 60.7 Å². The van der Waals surface area contributed by atoms with E-state index >= 15 is 0 Å². The van der Waals surface area contributed by atoms with Crippen LogP contribution in [-0.4, -0.2) is 0 Å². The molecule has 64 valence electrons. The van der Waals surface area contributed by atoms with Gasteiger partial charge in [0.15, 0.2) is 0 Å². The SMILES string of the molecule is [Li+].[c-]1ccccc1Sc1ccccc1. The molecule has 0 aliphatic carbocycles. The smallest absolute Gasteiger partial charge is 0.176 e. The first kappa shape index (κ1) is 11.5. The summed E-state index contributed by atoms with van der Waals surface area (Å²) in [5.74, 6) is 0. The first-order valence-corrected chi connectivity index (χ1v) is 4.96. The van der Waals surface area contributed by atoms with E-state index in [1.807, 2.05) is 36.4 Å². The molecule has 0 aliphatic heterocycles. The van der Waals surface area contributed by atoms with Crippen molar-refractivity contribution in [3.8, 4) is 0 Å². The summed E-state index contributed by atoms with van der Waals surface area (Å²) in [5.41, 5.74) is 0. The number of rotatable bonds is 2. The van der Waals surface area contributed by atoms with E-state index in [9.17, 15) is 0 Å². The fourth-order valence-electron chi connectivity index (χ4n) is 1.06. The predicted molar refractivity (Wildman–Crippen MR) is 55.8 cm³/mol. The van der Waals surface area contributed by atoms with Crippen LogP contribution in [0.5, 0.6) is 0 Å². The van der Waals surface area contributed by atoms with Crippen molar-refractivity contribution in [1.29, 1.82) is 0 Å². The summed E-state index contributed by atoms with van der Waals surface area (Å²) >= 11 is 1.73. The molecular formula is C12H9LiS. The molecule has 0 aromatic heterocycles. The molecule has 0 fully saturated rings. The van der Waals surface area contributed by atoms with Gasteiger partial charge in [-0.1, -0.05) is 18.2 Å². The molecule has 0 unspecified atom stereocenters. The van der Waals surface area contributed by atoms with Gasteiger partial charge in [-0.05, 0) is 12.1 Å². The van der Waals surface area contributed by atoms with Gasteiger partial charge in [-0.15, -0.1) is 16.7 Å². The molecule has 2 aromatic rings. The molecule has 0 saturated heterocycles. The van der Waals surface area contributed by atoms with Gasteiger partial charge in [-0.3, -0.25) is 0 Å². The van der Waals surface area contributed by atoms with E-state index < -0.39 is 0 Å². The zero-order valence-electron chi connectivity index (χ0n) is 8.10. The maximum Gasteiger partial charge on any atom is 1.00 e. The second kappa shape index (κ2) is 5.98. The van der Waals surface area contributed by atoms with E-state index in [1.165, 1.54) is 4.90 Å². The van der Waals surface area contributed by atoms with E-state index in [4.69, 9.17) is 0 Å². The average molecular weight is 192 g/mol. The van der Waals surface area contributed by atoms with Crippen molar-refractivity contribution in [1.82, 2.24) is 0 Å². The summed E-state index contributed by atoms with van der Waals surface area (Å²) in [7, 11) is 0. The molecule has 2 rings (SSSR count). The topological polar surface area (TPSA) is 0 Å². The minimum absolute atomic E-state index is 0. The van der Waals surface area contributed by atoms with Gasteiger partial charge in [-0.2, -0.15) is 30.3 Å². The molecule has 2 aromatic carbocycles. The van der Waals surface area contributed by atoms with Gasteiger partial charge in [0.25, 0.3) is 0 Å². The Morgan fingerprint density at radius 3 is 2.21 bits per heavy atom. The van der Waals surface area contributed by atoms with E-state index in [2.05, 4.69) is 24.3 Å². The minimum atomic E-state index is 0. The summed E-state index contributed by atoms with van der Waals surface area (Å²) in [6.45, 7) is 0. The summed E-state index contributed by atoms with van der Waals surface area (Å²) < 4.78 is 0. The number of hydrogen-bond donors (Lipinski definition) is 0. The molecule has 0 atom stereocenters. The van der Waals surface area contributed by atoms with Crippen molar-refractivity contribution in [3.63, 3.8) is 0 Å². The Morgan fingerprint density at radius 2 is 1.57 bits per heavy atom. The van der Waals surface area contributed by atoms with Crippen LogP contribution in [0, 0.1) is 6.07 Å². The maximum absolute atomic E-state index is 3.18.